The van der Waals surface area contributed by atoms with E-state index in [0.717, 1.165) is 0 Å². The van der Waals surface area contributed by atoms with Gasteiger partial charge in [-0.2, -0.15) is 0 Å². The topological polar surface area (TPSA) is 0 Å². The Bertz CT molecular complexity index is 20.4. The van der Waals surface area contributed by atoms with E-state index in [1.54, 1.807) is 0 Å². The quantitative estimate of drug-likeness (QED) is 0.352. The molecule has 0 saturated heterocycles. The fourth-order valence-corrected chi connectivity index (χ4v) is 0. The molecule has 5 heavy (non-hydrogen) atoms. The molecule has 0 saturated carbocycles. The molecule has 0 atom stereocenters. The minimum absolute atomic E-state index is 1.08. The molecule has 0 unspecified atom stereocenters. The summed E-state index contributed by atoms with van der Waals surface area (Å²) in [4.78, 5) is 0. The Kier molecular flexibility index (Phi) is 1.81. The molecule has 0 aliphatic carbocycles. The highest BCUT2D eigenvalue weighted by Crippen LogP contribution is 2.23. The van der Waals surface area contributed by atoms with E-state index in [-0.39, 0.29) is 0 Å². The largest absolute Gasteiger partial charge is 0.187 e. The van der Waals surface area contributed by atoms with Crippen LogP contribution in [-0.2, 0) is 0 Å². The van der Waals surface area contributed by atoms with Crippen molar-refractivity contribution in [3.63, 3.8) is 0 Å². The van der Waals surface area contributed by atoms with Crippen molar-refractivity contribution in [3.8, 4) is 0 Å². The van der Waals surface area contributed by atoms with Crippen LogP contribution in [0.15, 0.2) is 0 Å². The Labute approximate surface area is 46.0 Å². The monoisotopic (exact) mass is 133 g/mol. The fourth-order valence-electron chi connectivity index (χ4n) is 0. The lowest BCUT2D eigenvalue weighted by Crippen LogP contribution is -1.87. The maximum Gasteiger partial charge on any atom is 0.187 e. The van der Waals surface area contributed by atoms with E-state index in [4.69, 9.17) is 34.8 Å². The van der Waals surface area contributed by atoms with Gasteiger partial charge in [0.1, 0.15) is 0 Å². The second-order valence-corrected chi connectivity index (χ2v) is 3.63. The first-order valence-electron chi connectivity index (χ1n) is 1.07. The van der Waals surface area contributed by atoms with Crippen molar-refractivity contribution in [2.45, 2.75) is 10.7 Å². The maximum absolute atomic E-state index is 5.06. The van der Waals surface area contributed by atoms with Gasteiger partial charge in [-0.05, 0) is 6.92 Å². The first-order chi connectivity index (χ1) is 2.00. The van der Waals surface area contributed by atoms with E-state index in [0.29, 0.717) is 0 Å². The van der Waals surface area contributed by atoms with Crippen molar-refractivity contribution in [1.29, 1.82) is 0 Å². The molecular weight excluding hydrogens is 131 g/mol. The first-order valence-corrected chi connectivity index (χ1v) is 2.20. The van der Waals surface area contributed by atoms with E-state index in [9.17, 15) is 0 Å². The van der Waals surface area contributed by atoms with E-state index in [1.165, 1.54) is 6.92 Å². The SMILES string of the molecule is C[13C](Cl)(Cl)Cl. The van der Waals surface area contributed by atoms with E-state index < -0.39 is 3.79 Å². The van der Waals surface area contributed by atoms with Crippen molar-refractivity contribution in [1.82, 2.24) is 0 Å². The van der Waals surface area contributed by atoms with Crippen LogP contribution in [0.3, 0.4) is 0 Å². The second-order valence-electron chi connectivity index (χ2n) is 0.781. The molecule has 0 amide bonds. The summed E-state index contributed by atoms with van der Waals surface area (Å²) >= 11 is 15.2. The van der Waals surface area contributed by atoms with Gasteiger partial charge >= 0.3 is 0 Å². The van der Waals surface area contributed by atoms with Crippen LogP contribution in [-0.4, -0.2) is 3.79 Å². The van der Waals surface area contributed by atoms with Crippen LogP contribution < -0.4 is 0 Å². The number of halogens is 3. The molecule has 0 aliphatic rings. The Morgan fingerprint density at radius 3 is 1.20 bits per heavy atom. The van der Waals surface area contributed by atoms with Gasteiger partial charge in [-0.1, -0.05) is 34.8 Å². The molecule has 0 aromatic heterocycles. The highest BCUT2D eigenvalue weighted by molar-refractivity contribution is 6.67. The number of rotatable bonds is 0. The van der Waals surface area contributed by atoms with Crippen LogP contribution in [0.2, 0.25) is 0 Å². The van der Waals surface area contributed by atoms with Crippen LogP contribution in [0, 0.1) is 0 Å². The van der Waals surface area contributed by atoms with Gasteiger partial charge in [0.2, 0.25) is 0 Å². The molecule has 0 spiro atoms. The van der Waals surface area contributed by atoms with Gasteiger partial charge in [-0.15, -0.1) is 0 Å². The van der Waals surface area contributed by atoms with Gasteiger partial charge in [0.25, 0.3) is 0 Å². The minimum atomic E-state index is -1.08. The number of hydrogen-bond donors (Lipinski definition) is 0. The lowest BCUT2D eigenvalue weighted by Gasteiger charge is -1.94. The zero-order chi connectivity index (χ0) is 4.50. The average Bonchev–Trinajstić information content (AvgIpc) is 0.722. The summed E-state index contributed by atoms with van der Waals surface area (Å²) in [5.74, 6) is 0. The Morgan fingerprint density at radius 1 is 1.20 bits per heavy atom. The van der Waals surface area contributed by atoms with Gasteiger partial charge < -0.3 is 0 Å². The van der Waals surface area contributed by atoms with Crippen LogP contribution in [0.5, 0.6) is 0 Å². The number of alkyl halides is 3. The van der Waals surface area contributed by atoms with Crippen LogP contribution in [0.25, 0.3) is 0 Å². The van der Waals surface area contributed by atoms with Crippen molar-refractivity contribution < 1.29 is 0 Å². The average molecular weight is 134 g/mol. The lowest BCUT2D eigenvalue weighted by molar-refractivity contribution is 1.27. The van der Waals surface area contributed by atoms with Crippen molar-refractivity contribution in [2.75, 3.05) is 0 Å². The fraction of sp³-hybridized carbons (Fsp3) is 1.00. The van der Waals surface area contributed by atoms with Crippen molar-refractivity contribution >= 4 is 34.8 Å². The molecule has 32 valence electrons. The third kappa shape index (κ3) is 53.0. The minimum Gasteiger partial charge on any atom is -0.0840 e. The summed E-state index contributed by atoms with van der Waals surface area (Å²) in [7, 11) is 0. The summed E-state index contributed by atoms with van der Waals surface area (Å²) < 4.78 is -1.08. The van der Waals surface area contributed by atoms with Gasteiger partial charge in [-0.3, -0.25) is 0 Å². The van der Waals surface area contributed by atoms with E-state index in [1.807, 2.05) is 0 Å². The Balaban J connectivity index is 3.02. The molecule has 0 N–H and O–H groups in total. The summed E-state index contributed by atoms with van der Waals surface area (Å²) in [6.45, 7) is 1.48. The van der Waals surface area contributed by atoms with Gasteiger partial charge in [0.05, 0.1) is 0 Å². The Hall–Kier alpha value is 0.870. The summed E-state index contributed by atoms with van der Waals surface area (Å²) in [5.41, 5.74) is 0. The smallest absolute Gasteiger partial charge is 0.0840 e. The van der Waals surface area contributed by atoms with Gasteiger partial charge in [0.15, 0.2) is 3.79 Å². The van der Waals surface area contributed by atoms with Crippen LogP contribution in [0.4, 0.5) is 0 Å². The first kappa shape index (κ1) is 5.87. The molecule has 0 aromatic carbocycles. The molecule has 0 fully saturated rings. The molecular formula is C2H3Cl3. The predicted octanol–water partition coefficient (Wildman–Crippen LogP) is 2.38. The zero-order valence-electron chi connectivity index (χ0n) is 2.63. The lowest BCUT2D eigenvalue weighted by atomic mass is 11.4. The summed E-state index contributed by atoms with van der Waals surface area (Å²) in [6, 6.07) is 0. The molecule has 0 nitrogen and oxygen atoms in total. The zero-order valence-corrected chi connectivity index (χ0v) is 4.90. The molecule has 0 heterocycles. The third-order valence-electron chi connectivity index (χ3n) is 0. The van der Waals surface area contributed by atoms with Crippen LogP contribution >= 0.6 is 34.8 Å². The van der Waals surface area contributed by atoms with E-state index >= 15 is 0 Å². The third-order valence-corrected chi connectivity index (χ3v) is 0. The highest BCUT2D eigenvalue weighted by atomic mass is 35.6. The van der Waals surface area contributed by atoms with Crippen molar-refractivity contribution in [2.24, 2.45) is 0 Å². The van der Waals surface area contributed by atoms with Crippen molar-refractivity contribution in [3.05, 3.63) is 0 Å². The molecule has 0 radical (unpaired) electrons. The highest BCUT2D eigenvalue weighted by Gasteiger charge is 2.07. The van der Waals surface area contributed by atoms with Crippen LogP contribution in [0.1, 0.15) is 6.92 Å². The van der Waals surface area contributed by atoms with Gasteiger partial charge in [-0.25, -0.2) is 0 Å². The summed E-state index contributed by atoms with van der Waals surface area (Å²) in [6.07, 6.45) is 0. The summed E-state index contributed by atoms with van der Waals surface area (Å²) in [5, 5.41) is 0. The molecule has 0 rings (SSSR count). The van der Waals surface area contributed by atoms with E-state index in [2.05, 4.69) is 0 Å². The Morgan fingerprint density at radius 2 is 1.20 bits per heavy atom. The maximum atomic E-state index is 5.06. The second kappa shape index (κ2) is 1.55. The predicted molar refractivity (Wildman–Crippen MR) is 26.0 cm³/mol. The molecule has 0 bridgehead atoms. The molecule has 0 aliphatic heterocycles. The standard InChI is InChI=1S/C2H3Cl3/c1-2(3,4)5/h1H3/i2+1. The molecule has 3 heteroatoms. The number of hydrogen-bond acceptors (Lipinski definition) is 0. The normalized spacial score (nSPS) is 12.0. The van der Waals surface area contributed by atoms with Gasteiger partial charge in [0, 0.05) is 0 Å². The molecule has 0 aromatic rings.